The van der Waals surface area contributed by atoms with Gasteiger partial charge in [-0.3, -0.25) is 10.1 Å². The molecule has 0 spiro atoms. The Kier molecular flexibility index (Phi) is 2.72. The van der Waals surface area contributed by atoms with Crippen molar-refractivity contribution in [3.8, 4) is 5.82 Å². The summed E-state index contributed by atoms with van der Waals surface area (Å²) in [6.07, 6.45) is 1.04. The van der Waals surface area contributed by atoms with Crippen LogP contribution in [0.3, 0.4) is 0 Å². The Morgan fingerprint density at radius 2 is 2.12 bits per heavy atom. The minimum Gasteiger partial charge on any atom is -0.258 e. The molecule has 0 aromatic carbocycles. The predicted molar refractivity (Wildman–Crippen MR) is 58.1 cm³/mol. The molecule has 0 fully saturated rings. The Labute approximate surface area is 100 Å². The van der Waals surface area contributed by atoms with Gasteiger partial charge in [-0.05, 0) is 25.4 Å². The molecular weight excluding hydrogens is 248 g/mol. The molecule has 0 saturated carbocycles. The topological polar surface area (TPSA) is 99.6 Å². The number of nitro groups is 1. The van der Waals surface area contributed by atoms with Crippen molar-refractivity contribution in [1.29, 1.82) is 0 Å². The van der Waals surface area contributed by atoms with Gasteiger partial charge in [0.05, 0.1) is 4.92 Å². The molecule has 2 rings (SSSR count). The zero-order valence-corrected chi connectivity index (χ0v) is 9.71. The summed E-state index contributed by atoms with van der Waals surface area (Å²) in [5.41, 5.74) is -0.276. The summed E-state index contributed by atoms with van der Waals surface area (Å²) in [5, 5.41) is 14.8. The second kappa shape index (κ2) is 4.06. The molecule has 0 bridgehead atoms. The van der Waals surface area contributed by atoms with Crippen LogP contribution < -0.4 is 0 Å². The van der Waals surface area contributed by atoms with Crippen molar-refractivity contribution in [3.05, 3.63) is 33.2 Å². The Morgan fingerprint density at radius 3 is 2.65 bits per heavy atom. The van der Waals surface area contributed by atoms with Crippen molar-refractivity contribution in [3.63, 3.8) is 0 Å². The first-order chi connectivity index (χ1) is 7.99. The first-order valence-corrected chi connectivity index (χ1v) is 4.94. The van der Waals surface area contributed by atoms with Gasteiger partial charge in [0.15, 0.2) is 0 Å². The normalized spacial score (nSPS) is 10.5. The molecule has 0 radical (unpaired) electrons. The van der Waals surface area contributed by atoms with Gasteiger partial charge in [0.1, 0.15) is 17.8 Å². The van der Waals surface area contributed by atoms with E-state index < -0.39 is 4.92 Å². The third-order valence-electron chi connectivity index (χ3n) is 1.99. The van der Waals surface area contributed by atoms with Crippen molar-refractivity contribution < 1.29 is 4.92 Å². The number of aromatic nitrogens is 5. The van der Waals surface area contributed by atoms with E-state index in [-0.39, 0.29) is 16.8 Å². The summed E-state index contributed by atoms with van der Waals surface area (Å²) < 4.78 is 1.26. The highest BCUT2D eigenvalue weighted by atomic mass is 35.5. The first kappa shape index (κ1) is 11.4. The molecule has 88 valence electrons. The fourth-order valence-electron chi connectivity index (χ4n) is 1.35. The number of hydrogen-bond acceptors (Lipinski definition) is 6. The van der Waals surface area contributed by atoms with E-state index in [1.165, 1.54) is 4.68 Å². The lowest BCUT2D eigenvalue weighted by Gasteiger charge is -2.02. The van der Waals surface area contributed by atoms with Crippen LogP contribution in [0.4, 0.5) is 5.69 Å². The SMILES string of the molecule is Cc1nc(C)n(-c2nc(Cl)ncc2[N+](=O)[O-])n1. The molecule has 0 amide bonds. The second-order valence-corrected chi connectivity index (χ2v) is 3.56. The highest BCUT2D eigenvalue weighted by molar-refractivity contribution is 6.28. The van der Waals surface area contributed by atoms with Gasteiger partial charge in [-0.15, -0.1) is 5.10 Å². The first-order valence-electron chi connectivity index (χ1n) is 4.56. The molecule has 0 aliphatic rings. The second-order valence-electron chi connectivity index (χ2n) is 3.22. The smallest absolute Gasteiger partial charge is 0.258 e. The maximum absolute atomic E-state index is 10.8. The van der Waals surface area contributed by atoms with Crippen molar-refractivity contribution in [2.45, 2.75) is 13.8 Å². The molecule has 0 atom stereocenters. The van der Waals surface area contributed by atoms with Gasteiger partial charge in [0.25, 0.3) is 0 Å². The fourth-order valence-corrected chi connectivity index (χ4v) is 1.48. The molecule has 0 aliphatic heterocycles. The third kappa shape index (κ3) is 2.07. The Hall–Kier alpha value is -2.09. The van der Waals surface area contributed by atoms with E-state index in [0.29, 0.717) is 11.6 Å². The van der Waals surface area contributed by atoms with E-state index in [0.717, 1.165) is 6.20 Å². The van der Waals surface area contributed by atoms with E-state index in [2.05, 4.69) is 20.1 Å². The van der Waals surface area contributed by atoms with Crippen LogP contribution in [0.15, 0.2) is 6.20 Å². The van der Waals surface area contributed by atoms with Crippen LogP contribution >= 0.6 is 11.6 Å². The molecule has 2 aromatic rings. The summed E-state index contributed by atoms with van der Waals surface area (Å²) in [5.74, 6) is 0.986. The molecule has 0 N–H and O–H groups in total. The van der Waals surface area contributed by atoms with E-state index in [1.807, 2.05) is 0 Å². The van der Waals surface area contributed by atoms with Crippen molar-refractivity contribution in [2.75, 3.05) is 0 Å². The number of rotatable bonds is 2. The fraction of sp³-hybridized carbons (Fsp3) is 0.250. The Morgan fingerprint density at radius 1 is 1.41 bits per heavy atom. The summed E-state index contributed by atoms with van der Waals surface area (Å²) >= 11 is 5.62. The lowest BCUT2D eigenvalue weighted by molar-refractivity contribution is -0.385. The number of aryl methyl sites for hydroxylation is 2. The van der Waals surface area contributed by atoms with Crippen LogP contribution in [-0.2, 0) is 0 Å². The molecule has 0 unspecified atom stereocenters. The maximum atomic E-state index is 10.8. The Balaban J connectivity index is 2.69. The zero-order valence-electron chi connectivity index (χ0n) is 8.96. The molecule has 0 aliphatic carbocycles. The average molecular weight is 255 g/mol. The Bertz CT molecular complexity index is 596. The van der Waals surface area contributed by atoms with Crippen LogP contribution in [0.5, 0.6) is 0 Å². The molecule has 17 heavy (non-hydrogen) atoms. The monoisotopic (exact) mass is 254 g/mol. The number of nitrogens with zero attached hydrogens (tertiary/aromatic N) is 6. The molecule has 8 nitrogen and oxygen atoms in total. The van der Waals surface area contributed by atoms with Gasteiger partial charge in [-0.1, -0.05) is 0 Å². The van der Waals surface area contributed by atoms with Gasteiger partial charge in [0, 0.05) is 0 Å². The van der Waals surface area contributed by atoms with E-state index in [1.54, 1.807) is 13.8 Å². The quantitative estimate of drug-likeness (QED) is 0.454. The van der Waals surface area contributed by atoms with E-state index >= 15 is 0 Å². The zero-order chi connectivity index (χ0) is 12.6. The minimum absolute atomic E-state index is 0.00750. The van der Waals surface area contributed by atoms with Crippen molar-refractivity contribution in [2.24, 2.45) is 0 Å². The molecule has 2 aromatic heterocycles. The van der Waals surface area contributed by atoms with E-state index in [9.17, 15) is 10.1 Å². The number of hydrogen-bond donors (Lipinski definition) is 0. The predicted octanol–water partition coefficient (Wildman–Crippen LogP) is 1.24. The standard InChI is InChI=1S/C8H7ClN6O2/c1-4-11-5(2)14(13-4)7-6(15(16)17)3-10-8(9)12-7/h3H,1-2H3. The van der Waals surface area contributed by atoms with E-state index in [4.69, 9.17) is 11.6 Å². The summed E-state index contributed by atoms with van der Waals surface area (Å²) in [7, 11) is 0. The summed E-state index contributed by atoms with van der Waals surface area (Å²) in [4.78, 5) is 21.7. The molecule has 2 heterocycles. The highest BCUT2D eigenvalue weighted by Crippen LogP contribution is 2.21. The van der Waals surface area contributed by atoms with Crippen molar-refractivity contribution >= 4 is 17.3 Å². The van der Waals surface area contributed by atoms with Crippen LogP contribution in [0.2, 0.25) is 5.28 Å². The lowest BCUT2D eigenvalue weighted by atomic mass is 10.5. The minimum atomic E-state index is -0.595. The van der Waals surface area contributed by atoms with Crippen LogP contribution in [0, 0.1) is 24.0 Å². The third-order valence-corrected chi connectivity index (χ3v) is 2.17. The average Bonchev–Trinajstić information content (AvgIpc) is 2.57. The van der Waals surface area contributed by atoms with Crippen LogP contribution in [-0.4, -0.2) is 29.7 Å². The van der Waals surface area contributed by atoms with Gasteiger partial charge < -0.3 is 0 Å². The largest absolute Gasteiger partial charge is 0.332 e. The molecule has 0 saturated heterocycles. The summed E-state index contributed by atoms with van der Waals surface area (Å²) in [6.45, 7) is 3.35. The van der Waals surface area contributed by atoms with Gasteiger partial charge in [0.2, 0.25) is 11.1 Å². The summed E-state index contributed by atoms with van der Waals surface area (Å²) in [6, 6.07) is 0. The highest BCUT2D eigenvalue weighted by Gasteiger charge is 2.21. The molecule has 9 heteroatoms. The van der Waals surface area contributed by atoms with Gasteiger partial charge >= 0.3 is 5.69 Å². The maximum Gasteiger partial charge on any atom is 0.332 e. The van der Waals surface area contributed by atoms with Crippen LogP contribution in [0.25, 0.3) is 5.82 Å². The number of halogens is 1. The van der Waals surface area contributed by atoms with Gasteiger partial charge in [-0.25, -0.2) is 9.97 Å². The van der Waals surface area contributed by atoms with Crippen molar-refractivity contribution in [1.82, 2.24) is 24.7 Å². The lowest BCUT2D eigenvalue weighted by Crippen LogP contribution is -2.07. The van der Waals surface area contributed by atoms with Gasteiger partial charge in [-0.2, -0.15) is 9.67 Å². The molecular formula is C8H7ClN6O2. The van der Waals surface area contributed by atoms with Crippen LogP contribution in [0.1, 0.15) is 11.6 Å².